The first kappa shape index (κ1) is 22.6. The van der Waals surface area contributed by atoms with Crippen LogP contribution in [0.4, 0.5) is 0 Å². The molecule has 0 spiro atoms. The predicted octanol–water partition coefficient (Wildman–Crippen LogP) is -0.931. The summed E-state index contributed by atoms with van der Waals surface area (Å²) >= 11 is 0. The highest BCUT2D eigenvalue weighted by Crippen LogP contribution is 2.25. The number of allylic oxidation sites excluding steroid dienone is 1. The second kappa shape index (κ2) is 10.6. The quantitative estimate of drug-likeness (QED) is 0.134. The lowest BCUT2D eigenvalue weighted by molar-refractivity contribution is -0.206. The van der Waals surface area contributed by atoms with Crippen LogP contribution in [0.5, 0.6) is 0 Å². The van der Waals surface area contributed by atoms with Crippen LogP contribution in [0.25, 0.3) is 0 Å². The number of hydrogen-bond acceptors (Lipinski definition) is 9. The van der Waals surface area contributed by atoms with E-state index in [4.69, 9.17) is 9.29 Å². The molecule has 12 heteroatoms. The average molecular weight is 403 g/mol. The van der Waals surface area contributed by atoms with Gasteiger partial charge in [0.25, 0.3) is 0 Å². The number of nitrogens with zero attached hydrogens (tertiary/aromatic N) is 1. The number of hydrogen-bond donors (Lipinski definition) is 5. The summed E-state index contributed by atoms with van der Waals surface area (Å²) in [6.07, 6.45) is -1.05. The Morgan fingerprint density at radius 3 is 2.40 bits per heavy atom. The largest absolute Gasteiger partial charge is 0.420 e. The van der Waals surface area contributed by atoms with E-state index in [1.807, 2.05) is 0 Å². The molecule has 1 saturated heterocycles. The number of aliphatic hydroxyl groups excluding tert-OH is 4. The van der Waals surface area contributed by atoms with Crippen LogP contribution in [0.15, 0.2) is 17.2 Å². The third kappa shape index (κ3) is 7.37. The summed E-state index contributed by atoms with van der Waals surface area (Å²) in [7, 11) is -6.20. The third-order valence-corrected chi connectivity index (χ3v) is 5.86. The van der Waals surface area contributed by atoms with Gasteiger partial charge >= 0.3 is 10.4 Å². The van der Waals surface area contributed by atoms with Crippen LogP contribution < -0.4 is 0 Å². The fraction of sp³-hybridized carbons (Fsp3) is 0.846. The molecule has 25 heavy (non-hydrogen) atoms. The van der Waals surface area contributed by atoms with Crippen molar-refractivity contribution in [1.29, 1.82) is 0 Å². The van der Waals surface area contributed by atoms with Gasteiger partial charge in [-0.1, -0.05) is 21.3 Å². The molecule has 1 aliphatic heterocycles. The van der Waals surface area contributed by atoms with Gasteiger partial charge in [-0.15, -0.1) is 6.58 Å². The predicted molar refractivity (Wildman–Crippen MR) is 89.7 cm³/mol. The van der Waals surface area contributed by atoms with Crippen molar-refractivity contribution < 1.29 is 42.4 Å². The fourth-order valence-electron chi connectivity index (χ4n) is 2.28. The van der Waals surface area contributed by atoms with Crippen LogP contribution >= 0.6 is 0 Å². The highest BCUT2D eigenvalue weighted by molar-refractivity contribution is 7.88. The van der Waals surface area contributed by atoms with Crippen molar-refractivity contribution in [2.24, 2.45) is 4.53 Å². The van der Waals surface area contributed by atoms with E-state index < -0.39 is 57.5 Å². The zero-order valence-corrected chi connectivity index (χ0v) is 15.2. The average Bonchev–Trinajstić information content (AvgIpc) is 2.55. The molecule has 1 heterocycles. The molecule has 1 unspecified atom stereocenters. The molecule has 0 saturated carbocycles. The Kier molecular flexibility index (Phi) is 9.62. The molecule has 0 aromatic carbocycles. The van der Waals surface area contributed by atoms with Crippen LogP contribution in [0, 0.1) is 0 Å². The van der Waals surface area contributed by atoms with E-state index in [0.29, 0.717) is 6.42 Å². The molecule has 0 aliphatic carbocycles. The Morgan fingerprint density at radius 1 is 1.16 bits per heavy atom. The zero-order valence-electron chi connectivity index (χ0n) is 13.5. The van der Waals surface area contributed by atoms with Crippen molar-refractivity contribution in [3.05, 3.63) is 12.7 Å². The van der Waals surface area contributed by atoms with Gasteiger partial charge < -0.3 is 25.2 Å². The molecule has 0 aromatic heterocycles. The second-order valence-corrected chi connectivity index (χ2v) is 8.35. The van der Waals surface area contributed by atoms with E-state index >= 15 is 0 Å². The smallest absolute Gasteiger partial charge is 0.394 e. The van der Waals surface area contributed by atoms with Crippen molar-refractivity contribution >= 4 is 21.1 Å². The fourth-order valence-corrected chi connectivity index (χ4v) is 4.55. The highest BCUT2D eigenvalue weighted by Gasteiger charge is 2.45. The Bertz CT molecular complexity index is 552. The van der Waals surface area contributed by atoms with Crippen LogP contribution in [-0.4, -0.2) is 75.6 Å². The van der Waals surface area contributed by atoms with E-state index in [9.17, 15) is 28.8 Å². The first-order valence-electron chi connectivity index (χ1n) is 7.69. The maximum atomic E-state index is 10.8. The molecule has 0 radical (unpaired) electrons. The Balaban J connectivity index is 2.90. The van der Waals surface area contributed by atoms with E-state index in [0.717, 1.165) is 19.3 Å². The lowest BCUT2D eigenvalue weighted by atomic mass is 10.0. The molecule has 1 aliphatic rings. The summed E-state index contributed by atoms with van der Waals surface area (Å²) in [6.45, 7) is 2.99. The molecule has 1 fully saturated rings. The molecule has 0 amide bonds. The van der Waals surface area contributed by atoms with Crippen LogP contribution in [-0.2, 0) is 30.1 Å². The summed E-state index contributed by atoms with van der Waals surface area (Å²) in [5.41, 5.74) is -1.20. The van der Waals surface area contributed by atoms with Crippen molar-refractivity contribution in [3.63, 3.8) is 0 Å². The Morgan fingerprint density at radius 2 is 1.84 bits per heavy atom. The molecule has 0 aromatic rings. The Hall–Kier alpha value is -0.440. The lowest BCUT2D eigenvalue weighted by Crippen LogP contribution is -2.59. The maximum Gasteiger partial charge on any atom is 0.420 e. The van der Waals surface area contributed by atoms with Gasteiger partial charge in [-0.3, -0.25) is 4.55 Å². The minimum atomic E-state index is -4.83. The van der Waals surface area contributed by atoms with Crippen LogP contribution in [0.2, 0.25) is 0 Å². The van der Waals surface area contributed by atoms with Crippen molar-refractivity contribution in [2.45, 2.75) is 55.5 Å². The molecular weight excluding hydrogens is 378 g/mol. The number of unbranched alkanes of at least 4 members (excludes halogenated alkanes) is 3. The maximum absolute atomic E-state index is 10.8. The topological polar surface area (TPSA) is 166 Å². The minimum absolute atomic E-state index is 0.259. The summed E-state index contributed by atoms with van der Waals surface area (Å²) < 4.78 is 43.0. The lowest BCUT2D eigenvalue weighted by Gasteiger charge is -2.40. The molecular formula is C13H25NO9S2. The summed E-state index contributed by atoms with van der Waals surface area (Å²) in [6, 6.07) is 0. The number of aliphatic hydroxyl groups is 4. The van der Waals surface area contributed by atoms with Gasteiger partial charge in [0.1, 0.15) is 29.9 Å². The Labute approximate surface area is 149 Å². The number of ether oxygens (including phenoxy) is 1. The zero-order chi connectivity index (χ0) is 19.0. The van der Waals surface area contributed by atoms with E-state index in [-0.39, 0.29) is 5.75 Å². The molecule has 148 valence electrons. The second-order valence-electron chi connectivity index (χ2n) is 5.52. The standard InChI is InChI=1S/C13H25NO9S2/c1-2-3-4-5-6-7-24(14-23-25(19,20)21)13-12(18)11(17)10(16)9(8-15)22-13/h2,9-13,15-18H,1,3-8H2,(H,19,20,21)/t9-,10-,11+,12-,13+,24?/m1/s1. The van der Waals surface area contributed by atoms with Gasteiger partial charge in [-0.25, -0.2) is 0 Å². The third-order valence-electron chi connectivity index (χ3n) is 3.60. The SMILES string of the molecule is C=CCCCCCS(=NOS(=O)(=O)O)[C@@H]1O[C@H](CO)[C@@H](O)[C@H](O)[C@H]1O. The summed E-state index contributed by atoms with van der Waals surface area (Å²) in [5, 5.41) is 39.0. The van der Waals surface area contributed by atoms with Gasteiger partial charge in [0, 0.05) is 5.75 Å². The van der Waals surface area contributed by atoms with Crippen molar-refractivity contribution in [2.75, 3.05) is 12.4 Å². The molecule has 1 rings (SSSR count). The monoisotopic (exact) mass is 403 g/mol. The summed E-state index contributed by atoms with van der Waals surface area (Å²) in [4.78, 5) is 0. The highest BCUT2D eigenvalue weighted by atomic mass is 32.3. The first-order chi connectivity index (χ1) is 11.7. The van der Waals surface area contributed by atoms with Gasteiger partial charge in [-0.2, -0.15) is 8.42 Å². The van der Waals surface area contributed by atoms with Gasteiger partial charge in [0.2, 0.25) is 0 Å². The molecule has 10 nitrogen and oxygen atoms in total. The number of rotatable bonds is 10. The van der Waals surface area contributed by atoms with Crippen molar-refractivity contribution in [3.8, 4) is 0 Å². The van der Waals surface area contributed by atoms with E-state index in [2.05, 4.69) is 15.4 Å². The van der Waals surface area contributed by atoms with E-state index in [1.165, 1.54) is 0 Å². The van der Waals surface area contributed by atoms with Crippen LogP contribution in [0.1, 0.15) is 25.7 Å². The van der Waals surface area contributed by atoms with Gasteiger partial charge in [0.05, 0.1) is 6.61 Å². The first-order valence-corrected chi connectivity index (χ1v) is 10.5. The molecule has 0 bridgehead atoms. The summed E-state index contributed by atoms with van der Waals surface area (Å²) in [5.74, 6) is 0.259. The molecule has 6 atom stereocenters. The van der Waals surface area contributed by atoms with E-state index in [1.54, 1.807) is 6.08 Å². The molecule has 5 N–H and O–H groups in total. The normalized spacial score (nSPS) is 31.8. The van der Waals surface area contributed by atoms with Crippen LogP contribution in [0.3, 0.4) is 0 Å². The van der Waals surface area contributed by atoms with Gasteiger partial charge in [-0.05, 0) is 30.0 Å². The van der Waals surface area contributed by atoms with Crippen molar-refractivity contribution in [1.82, 2.24) is 0 Å². The van der Waals surface area contributed by atoms with Gasteiger partial charge in [0.15, 0.2) is 0 Å². The minimum Gasteiger partial charge on any atom is -0.394 e.